The average Bonchev–Trinajstić information content (AvgIpc) is 2.88. The minimum Gasteiger partial charge on any atom is -0.364 e. The summed E-state index contributed by atoms with van der Waals surface area (Å²) in [6.07, 6.45) is 2.15. The van der Waals surface area contributed by atoms with E-state index in [0.29, 0.717) is 13.1 Å². The Kier molecular flexibility index (Phi) is 4.99. The third kappa shape index (κ3) is 3.85. The van der Waals surface area contributed by atoms with E-state index < -0.39 is 4.92 Å². The Bertz CT molecular complexity index is 630. The lowest BCUT2D eigenvalue weighted by molar-refractivity contribution is -0.383. The van der Waals surface area contributed by atoms with Crippen LogP contribution in [0.3, 0.4) is 0 Å². The van der Waals surface area contributed by atoms with E-state index in [9.17, 15) is 10.1 Å². The number of hydrogen-bond acceptors (Lipinski definition) is 8. The second kappa shape index (κ2) is 6.93. The van der Waals surface area contributed by atoms with E-state index in [1.165, 1.54) is 17.7 Å². The Hall–Kier alpha value is -2.29. The van der Waals surface area contributed by atoms with Crippen molar-refractivity contribution in [3.8, 4) is 0 Å². The molecule has 2 heterocycles. The van der Waals surface area contributed by atoms with Crippen LogP contribution in [0.25, 0.3) is 0 Å². The largest absolute Gasteiger partial charge is 0.364 e. The van der Waals surface area contributed by atoms with Crippen LogP contribution < -0.4 is 10.6 Å². The molecule has 21 heavy (non-hydrogen) atoms. The van der Waals surface area contributed by atoms with Crippen LogP contribution in [-0.4, -0.2) is 26.4 Å². The third-order valence-electron chi connectivity index (χ3n) is 2.65. The topological polar surface area (TPSA) is 106 Å². The molecule has 0 radical (unpaired) electrons. The Morgan fingerprint density at radius 2 is 2.05 bits per heavy atom. The van der Waals surface area contributed by atoms with E-state index in [1.807, 2.05) is 19.2 Å². The van der Waals surface area contributed by atoms with Crippen LogP contribution in [0.15, 0.2) is 11.7 Å². The summed E-state index contributed by atoms with van der Waals surface area (Å²) >= 11 is 1.53. The molecule has 0 saturated heterocycles. The second-order valence-corrected chi connectivity index (χ2v) is 5.38. The summed E-state index contributed by atoms with van der Waals surface area (Å²) in [6.45, 7) is 4.88. The van der Waals surface area contributed by atoms with Crippen molar-refractivity contribution < 1.29 is 4.92 Å². The molecule has 2 aromatic heterocycles. The summed E-state index contributed by atoms with van der Waals surface area (Å²) in [5, 5.41) is 20.0. The van der Waals surface area contributed by atoms with E-state index >= 15 is 0 Å². The first kappa shape index (κ1) is 15.1. The second-order valence-electron chi connectivity index (χ2n) is 4.31. The summed E-state index contributed by atoms with van der Waals surface area (Å²) in [4.78, 5) is 23.0. The molecule has 0 bridgehead atoms. The Morgan fingerprint density at radius 1 is 1.33 bits per heavy atom. The van der Waals surface area contributed by atoms with Gasteiger partial charge in [-0.25, -0.2) is 15.0 Å². The van der Waals surface area contributed by atoms with Crippen molar-refractivity contribution in [2.45, 2.75) is 26.8 Å². The monoisotopic (exact) mass is 308 g/mol. The quantitative estimate of drug-likeness (QED) is 0.598. The molecule has 8 nitrogen and oxygen atoms in total. The number of aromatic nitrogens is 3. The standard InChI is InChI=1S/C12H16N6O2S/c1-3-4-13-11-10(18(19)20)12(16-7-15-11)14-5-9-6-21-8(2)17-9/h6-7H,3-5H2,1-2H3,(H2,13,14,15,16). The molecular formula is C12H16N6O2S. The smallest absolute Gasteiger partial charge is 0.353 e. The van der Waals surface area contributed by atoms with E-state index in [0.717, 1.165) is 17.1 Å². The maximum atomic E-state index is 11.3. The summed E-state index contributed by atoms with van der Waals surface area (Å²) in [5.74, 6) is 0.424. The van der Waals surface area contributed by atoms with Gasteiger partial charge in [-0.05, 0) is 13.3 Å². The highest BCUT2D eigenvalue weighted by molar-refractivity contribution is 7.09. The number of thiazole rings is 1. The van der Waals surface area contributed by atoms with Gasteiger partial charge in [0.25, 0.3) is 0 Å². The maximum absolute atomic E-state index is 11.3. The lowest BCUT2D eigenvalue weighted by Crippen LogP contribution is -2.10. The summed E-state index contributed by atoms with van der Waals surface area (Å²) in [5.41, 5.74) is 0.686. The molecule has 112 valence electrons. The molecular weight excluding hydrogens is 292 g/mol. The molecule has 9 heteroatoms. The molecule has 2 N–H and O–H groups in total. The van der Waals surface area contributed by atoms with Gasteiger partial charge in [-0.15, -0.1) is 11.3 Å². The molecule has 0 fully saturated rings. The average molecular weight is 308 g/mol. The highest BCUT2D eigenvalue weighted by Gasteiger charge is 2.22. The van der Waals surface area contributed by atoms with Crippen molar-refractivity contribution in [3.05, 3.63) is 32.5 Å². The zero-order chi connectivity index (χ0) is 15.2. The fraction of sp³-hybridized carbons (Fsp3) is 0.417. The minimum absolute atomic E-state index is 0.141. The van der Waals surface area contributed by atoms with Gasteiger partial charge in [-0.1, -0.05) is 6.92 Å². The molecule has 0 saturated carbocycles. The van der Waals surface area contributed by atoms with E-state index in [4.69, 9.17) is 0 Å². The first-order valence-corrected chi connectivity index (χ1v) is 7.38. The number of nitrogens with one attached hydrogen (secondary N) is 2. The molecule has 2 rings (SSSR count). The van der Waals surface area contributed by atoms with Crippen molar-refractivity contribution in [1.82, 2.24) is 15.0 Å². The fourth-order valence-electron chi connectivity index (χ4n) is 1.72. The zero-order valence-corrected chi connectivity index (χ0v) is 12.6. The van der Waals surface area contributed by atoms with Gasteiger partial charge >= 0.3 is 5.69 Å². The Balaban J connectivity index is 2.19. The molecule has 0 spiro atoms. The highest BCUT2D eigenvalue weighted by Crippen LogP contribution is 2.29. The Morgan fingerprint density at radius 3 is 2.62 bits per heavy atom. The SMILES string of the molecule is CCCNc1ncnc(NCc2csc(C)n2)c1[N+](=O)[O-]. The van der Waals surface area contributed by atoms with Crippen LogP contribution in [-0.2, 0) is 6.54 Å². The van der Waals surface area contributed by atoms with Crippen LogP contribution in [0.1, 0.15) is 24.0 Å². The molecule has 0 amide bonds. The van der Waals surface area contributed by atoms with Crippen LogP contribution in [0, 0.1) is 17.0 Å². The third-order valence-corrected chi connectivity index (χ3v) is 3.47. The van der Waals surface area contributed by atoms with Crippen molar-refractivity contribution >= 4 is 28.7 Å². The number of anilines is 2. The van der Waals surface area contributed by atoms with Gasteiger partial charge in [-0.2, -0.15) is 0 Å². The van der Waals surface area contributed by atoms with E-state index in [2.05, 4.69) is 25.6 Å². The molecule has 0 aliphatic heterocycles. The van der Waals surface area contributed by atoms with Crippen LogP contribution in [0.5, 0.6) is 0 Å². The van der Waals surface area contributed by atoms with E-state index in [1.54, 1.807) is 0 Å². The number of hydrogen-bond donors (Lipinski definition) is 2. The molecule has 0 aromatic carbocycles. The predicted octanol–water partition coefficient (Wildman–Crippen LogP) is 2.58. The summed E-state index contributed by atoms with van der Waals surface area (Å²) in [7, 11) is 0. The minimum atomic E-state index is -0.480. The molecule has 0 aliphatic carbocycles. The Labute approximate surface area is 125 Å². The van der Waals surface area contributed by atoms with Crippen LogP contribution in [0.2, 0.25) is 0 Å². The molecule has 0 aliphatic rings. The number of nitro groups is 1. The van der Waals surface area contributed by atoms with Crippen molar-refractivity contribution in [2.24, 2.45) is 0 Å². The van der Waals surface area contributed by atoms with Crippen molar-refractivity contribution in [3.63, 3.8) is 0 Å². The fourth-order valence-corrected chi connectivity index (χ4v) is 2.33. The first-order valence-electron chi connectivity index (χ1n) is 6.50. The highest BCUT2D eigenvalue weighted by atomic mass is 32.1. The van der Waals surface area contributed by atoms with Crippen molar-refractivity contribution in [2.75, 3.05) is 17.2 Å². The van der Waals surface area contributed by atoms with Crippen molar-refractivity contribution in [1.29, 1.82) is 0 Å². The summed E-state index contributed by atoms with van der Waals surface area (Å²) < 4.78 is 0. The molecule has 2 aromatic rings. The van der Waals surface area contributed by atoms with Gasteiger partial charge in [0.1, 0.15) is 6.33 Å². The van der Waals surface area contributed by atoms with E-state index in [-0.39, 0.29) is 17.3 Å². The van der Waals surface area contributed by atoms with Gasteiger partial charge in [-0.3, -0.25) is 10.1 Å². The lowest BCUT2D eigenvalue weighted by Gasteiger charge is -2.08. The molecule has 0 atom stereocenters. The van der Waals surface area contributed by atoms with Crippen LogP contribution >= 0.6 is 11.3 Å². The summed E-state index contributed by atoms with van der Waals surface area (Å²) in [6, 6.07) is 0. The van der Waals surface area contributed by atoms with Gasteiger partial charge in [0, 0.05) is 11.9 Å². The number of nitrogens with zero attached hydrogens (tertiary/aromatic N) is 4. The first-order chi connectivity index (χ1) is 10.1. The lowest BCUT2D eigenvalue weighted by atomic mass is 10.4. The number of aryl methyl sites for hydroxylation is 1. The van der Waals surface area contributed by atoms with Crippen LogP contribution in [0.4, 0.5) is 17.3 Å². The van der Waals surface area contributed by atoms with Gasteiger partial charge in [0.2, 0.25) is 11.6 Å². The maximum Gasteiger partial charge on any atom is 0.353 e. The van der Waals surface area contributed by atoms with Gasteiger partial charge in [0.15, 0.2) is 0 Å². The predicted molar refractivity (Wildman–Crippen MR) is 81.6 cm³/mol. The van der Waals surface area contributed by atoms with Gasteiger partial charge < -0.3 is 10.6 Å². The van der Waals surface area contributed by atoms with Gasteiger partial charge in [0.05, 0.1) is 22.2 Å². The normalized spacial score (nSPS) is 10.4. The number of rotatable bonds is 7. The zero-order valence-electron chi connectivity index (χ0n) is 11.8. The molecule has 0 unspecified atom stereocenters.